The third-order valence-electron chi connectivity index (χ3n) is 2.87. The van der Waals surface area contributed by atoms with E-state index in [1.807, 2.05) is 0 Å². The van der Waals surface area contributed by atoms with Crippen molar-refractivity contribution >= 4 is 10.0 Å². The van der Waals surface area contributed by atoms with Gasteiger partial charge in [0.1, 0.15) is 16.4 Å². The smallest absolute Gasteiger partial charge is 0.246 e. The van der Waals surface area contributed by atoms with E-state index >= 15 is 0 Å². The average Bonchev–Trinajstić information content (AvgIpc) is 2.77. The Bertz CT molecular complexity index is 802. The Morgan fingerprint density at radius 2 is 2.14 bits per heavy atom. The minimum absolute atomic E-state index is 0.0449. The molecular weight excluding hydrogens is 297 g/mol. The van der Waals surface area contributed by atoms with Crippen LogP contribution in [0, 0.1) is 31.0 Å². The van der Waals surface area contributed by atoms with Crippen molar-refractivity contribution in [2.45, 2.75) is 25.3 Å². The summed E-state index contributed by atoms with van der Waals surface area (Å²) < 4.78 is 45.1. The van der Waals surface area contributed by atoms with Crippen LogP contribution >= 0.6 is 0 Å². The second-order valence-electron chi connectivity index (χ2n) is 4.40. The molecule has 1 aromatic heterocycles. The lowest BCUT2D eigenvalue weighted by Gasteiger charge is -2.07. The van der Waals surface area contributed by atoms with Gasteiger partial charge in [0.05, 0.1) is 11.6 Å². The standard InChI is InChI=1S/C13H12FN3O3S/c1-8-13(9(2)20-17-8)21(18,19)16-7-11-4-3-10(6-15)5-12(11)14/h3-5,16H,7H2,1-2H3. The van der Waals surface area contributed by atoms with Gasteiger partial charge in [-0.05, 0) is 26.0 Å². The summed E-state index contributed by atoms with van der Waals surface area (Å²) in [6.45, 7) is 2.76. The first-order chi connectivity index (χ1) is 9.85. The number of halogens is 1. The minimum Gasteiger partial charge on any atom is -0.360 e. The predicted octanol–water partition coefficient (Wildman–Crippen LogP) is 1.78. The fourth-order valence-corrected chi connectivity index (χ4v) is 3.20. The van der Waals surface area contributed by atoms with Crippen LogP contribution in [-0.4, -0.2) is 13.6 Å². The second-order valence-corrected chi connectivity index (χ2v) is 6.10. The zero-order chi connectivity index (χ0) is 15.6. The highest BCUT2D eigenvalue weighted by Gasteiger charge is 2.24. The Balaban J connectivity index is 2.22. The molecule has 110 valence electrons. The molecule has 0 bridgehead atoms. The van der Waals surface area contributed by atoms with E-state index in [1.54, 1.807) is 6.07 Å². The van der Waals surface area contributed by atoms with Gasteiger partial charge in [0, 0.05) is 12.1 Å². The average molecular weight is 309 g/mol. The highest BCUT2D eigenvalue weighted by Crippen LogP contribution is 2.19. The second kappa shape index (κ2) is 5.63. The van der Waals surface area contributed by atoms with Crippen LogP contribution in [0.4, 0.5) is 4.39 Å². The van der Waals surface area contributed by atoms with Crippen LogP contribution in [0.3, 0.4) is 0 Å². The molecule has 0 spiro atoms. The van der Waals surface area contributed by atoms with Crippen molar-refractivity contribution in [1.82, 2.24) is 9.88 Å². The molecule has 2 rings (SSSR count). The van der Waals surface area contributed by atoms with E-state index in [-0.39, 0.29) is 34.0 Å². The largest absolute Gasteiger partial charge is 0.360 e. The van der Waals surface area contributed by atoms with E-state index in [9.17, 15) is 12.8 Å². The number of hydrogen-bond acceptors (Lipinski definition) is 5. The van der Waals surface area contributed by atoms with Gasteiger partial charge >= 0.3 is 0 Å². The number of aromatic nitrogens is 1. The van der Waals surface area contributed by atoms with Crippen molar-refractivity contribution in [3.63, 3.8) is 0 Å². The summed E-state index contributed by atoms with van der Waals surface area (Å²) in [7, 11) is -3.85. The molecule has 0 aliphatic carbocycles. The van der Waals surface area contributed by atoms with Crippen molar-refractivity contribution in [2.24, 2.45) is 0 Å². The summed E-state index contributed by atoms with van der Waals surface area (Å²) in [5.74, 6) is -0.476. The first-order valence-corrected chi connectivity index (χ1v) is 7.44. The third kappa shape index (κ3) is 3.09. The number of nitriles is 1. The maximum atomic E-state index is 13.7. The number of aryl methyl sites for hydroxylation is 2. The number of rotatable bonds is 4. The van der Waals surface area contributed by atoms with E-state index < -0.39 is 15.8 Å². The Morgan fingerprint density at radius 1 is 1.43 bits per heavy atom. The molecule has 0 aliphatic rings. The first-order valence-electron chi connectivity index (χ1n) is 5.96. The van der Waals surface area contributed by atoms with Gasteiger partial charge in [-0.3, -0.25) is 0 Å². The van der Waals surface area contributed by atoms with Crippen LogP contribution in [0.5, 0.6) is 0 Å². The quantitative estimate of drug-likeness (QED) is 0.928. The van der Waals surface area contributed by atoms with Gasteiger partial charge in [0.2, 0.25) is 10.0 Å². The lowest BCUT2D eigenvalue weighted by Crippen LogP contribution is -2.24. The first kappa shape index (κ1) is 15.2. The summed E-state index contributed by atoms with van der Waals surface area (Å²) in [6, 6.07) is 5.64. The van der Waals surface area contributed by atoms with Crippen molar-refractivity contribution in [2.75, 3.05) is 0 Å². The zero-order valence-electron chi connectivity index (χ0n) is 11.3. The van der Waals surface area contributed by atoms with Gasteiger partial charge in [-0.15, -0.1) is 0 Å². The summed E-state index contributed by atoms with van der Waals surface area (Å²) in [4.78, 5) is -0.0449. The lowest BCUT2D eigenvalue weighted by atomic mass is 10.1. The summed E-state index contributed by atoms with van der Waals surface area (Å²) in [6.07, 6.45) is 0. The molecule has 6 nitrogen and oxygen atoms in total. The van der Waals surface area contributed by atoms with Gasteiger partial charge in [0.15, 0.2) is 5.76 Å². The molecule has 21 heavy (non-hydrogen) atoms. The van der Waals surface area contributed by atoms with Crippen LogP contribution < -0.4 is 4.72 Å². The molecule has 8 heteroatoms. The molecule has 0 atom stereocenters. The number of sulfonamides is 1. The maximum absolute atomic E-state index is 13.7. The van der Waals surface area contributed by atoms with E-state index in [4.69, 9.17) is 9.78 Å². The summed E-state index contributed by atoms with van der Waals surface area (Å²) >= 11 is 0. The molecule has 0 saturated heterocycles. The molecule has 0 saturated carbocycles. The Hall–Kier alpha value is -2.24. The van der Waals surface area contributed by atoms with Crippen LogP contribution in [-0.2, 0) is 16.6 Å². The van der Waals surface area contributed by atoms with E-state index in [2.05, 4.69) is 9.88 Å². The predicted molar refractivity (Wildman–Crippen MR) is 71.1 cm³/mol. The molecule has 1 heterocycles. The van der Waals surface area contributed by atoms with E-state index in [1.165, 1.54) is 26.0 Å². The van der Waals surface area contributed by atoms with Gasteiger partial charge in [-0.25, -0.2) is 17.5 Å². The molecule has 0 amide bonds. The SMILES string of the molecule is Cc1noc(C)c1S(=O)(=O)NCc1ccc(C#N)cc1F. The van der Waals surface area contributed by atoms with Crippen LogP contribution in [0.2, 0.25) is 0 Å². The molecule has 2 aromatic rings. The van der Waals surface area contributed by atoms with Gasteiger partial charge < -0.3 is 4.52 Å². The van der Waals surface area contributed by atoms with Gasteiger partial charge in [-0.2, -0.15) is 5.26 Å². The highest BCUT2D eigenvalue weighted by molar-refractivity contribution is 7.89. The van der Waals surface area contributed by atoms with E-state index in [0.29, 0.717) is 0 Å². The van der Waals surface area contributed by atoms with Crippen LogP contribution in [0.25, 0.3) is 0 Å². The normalized spacial score (nSPS) is 11.3. The number of hydrogen-bond donors (Lipinski definition) is 1. The molecular formula is C13H12FN3O3S. The number of benzene rings is 1. The van der Waals surface area contributed by atoms with Crippen molar-refractivity contribution < 1.29 is 17.3 Å². The zero-order valence-corrected chi connectivity index (χ0v) is 12.2. The number of nitrogens with one attached hydrogen (secondary N) is 1. The highest BCUT2D eigenvalue weighted by atomic mass is 32.2. The molecule has 0 aliphatic heterocycles. The summed E-state index contributed by atoms with van der Waals surface area (Å²) in [5.41, 5.74) is 0.550. The van der Waals surface area contributed by atoms with Gasteiger partial charge in [0.25, 0.3) is 0 Å². The minimum atomic E-state index is -3.85. The molecule has 0 fully saturated rings. The number of nitrogens with zero attached hydrogens (tertiary/aromatic N) is 2. The van der Waals surface area contributed by atoms with Crippen LogP contribution in [0.1, 0.15) is 22.6 Å². The Morgan fingerprint density at radius 3 is 2.67 bits per heavy atom. The Labute approximate surface area is 121 Å². The fourth-order valence-electron chi connectivity index (χ4n) is 1.86. The molecule has 1 N–H and O–H groups in total. The molecule has 0 unspecified atom stereocenters. The van der Waals surface area contributed by atoms with Crippen molar-refractivity contribution in [3.05, 3.63) is 46.6 Å². The van der Waals surface area contributed by atoms with E-state index in [0.717, 1.165) is 6.07 Å². The van der Waals surface area contributed by atoms with Crippen LogP contribution in [0.15, 0.2) is 27.6 Å². The maximum Gasteiger partial charge on any atom is 0.246 e. The Kier molecular flexibility index (Phi) is 4.06. The topological polar surface area (TPSA) is 96.0 Å². The van der Waals surface area contributed by atoms with Crippen molar-refractivity contribution in [1.29, 1.82) is 5.26 Å². The molecule has 0 radical (unpaired) electrons. The summed E-state index contributed by atoms with van der Waals surface area (Å²) in [5, 5.41) is 12.2. The molecule has 1 aromatic carbocycles. The van der Waals surface area contributed by atoms with Crippen molar-refractivity contribution in [3.8, 4) is 6.07 Å². The van der Waals surface area contributed by atoms with Gasteiger partial charge in [-0.1, -0.05) is 11.2 Å². The third-order valence-corrected chi connectivity index (χ3v) is 4.52. The fraction of sp³-hybridized carbons (Fsp3) is 0.231. The monoisotopic (exact) mass is 309 g/mol. The lowest BCUT2D eigenvalue weighted by molar-refractivity contribution is 0.390.